The quantitative estimate of drug-likeness (QED) is 0.431. The second-order valence-electron chi connectivity index (χ2n) is 6.22. The molecule has 140 valence electrons. The molecule has 0 radical (unpaired) electrons. The van der Waals surface area contributed by atoms with E-state index in [0.717, 1.165) is 31.4 Å². The van der Waals surface area contributed by atoms with Crippen LogP contribution in [0.15, 0.2) is 81.7 Å². The highest BCUT2D eigenvalue weighted by Gasteiger charge is 2.11. The first-order valence-corrected chi connectivity index (χ1v) is 10.3. The van der Waals surface area contributed by atoms with Gasteiger partial charge in [0, 0.05) is 13.1 Å². The Labute approximate surface area is 176 Å². The molecule has 0 spiro atoms. The number of aliphatic hydroxyl groups is 1. The molecule has 0 saturated carbocycles. The smallest absolute Gasteiger partial charge is 0.148 e. The second-order valence-corrected chi connectivity index (χ2v) is 7.93. The summed E-state index contributed by atoms with van der Waals surface area (Å²) in [4.78, 5) is 0. The number of nitrogens with one attached hydrogen (secondary N) is 1. The molecule has 1 atom stereocenters. The molecular weight excluding hydrogens is 470 g/mol. The van der Waals surface area contributed by atoms with Crippen LogP contribution in [0.5, 0.6) is 5.75 Å². The van der Waals surface area contributed by atoms with Crippen molar-refractivity contribution in [1.82, 2.24) is 5.32 Å². The molecule has 3 aromatic carbocycles. The third-order valence-corrected chi connectivity index (χ3v) is 5.31. The summed E-state index contributed by atoms with van der Waals surface area (Å²) < 4.78 is 7.75. The summed E-state index contributed by atoms with van der Waals surface area (Å²) in [6.45, 7) is 1.66. The van der Waals surface area contributed by atoms with Gasteiger partial charge < -0.3 is 15.2 Å². The van der Waals surface area contributed by atoms with Crippen LogP contribution in [-0.2, 0) is 13.2 Å². The first-order chi connectivity index (χ1) is 13.1. The Morgan fingerprint density at radius 2 is 1.44 bits per heavy atom. The first kappa shape index (κ1) is 20.1. The van der Waals surface area contributed by atoms with E-state index in [1.165, 1.54) is 0 Å². The van der Waals surface area contributed by atoms with Crippen molar-refractivity contribution in [2.24, 2.45) is 0 Å². The fourth-order valence-corrected chi connectivity index (χ4v) is 4.24. The summed E-state index contributed by atoms with van der Waals surface area (Å²) in [6, 6.07) is 23.8. The van der Waals surface area contributed by atoms with Gasteiger partial charge in [0.25, 0.3) is 0 Å². The standard InChI is InChI=1S/C22H21Br2NO2/c23-19-11-17(13-25-14-21(26)18-9-5-2-6-10-18)12-20(24)22(19)27-15-16-7-3-1-4-8-16/h1-12,21,25-26H,13-15H2/t21-/m1/s1. The molecule has 0 aromatic heterocycles. The van der Waals surface area contributed by atoms with Gasteiger partial charge >= 0.3 is 0 Å². The fourth-order valence-electron chi connectivity index (χ4n) is 2.73. The van der Waals surface area contributed by atoms with Gasteiger partial charge in [0.1, 0.15) is 12.4 Å². The number of aliphatic hydroxyl groups excluding tert-OH is 1. The molecule has 3 nitrogen and oxygen atoms in total. The Morgan fingerprint density at radius 3 is 2.07 bits per heavy atom. The van der Waals surface area contributed by atoms with E-state index in [-0.39, 0.29) is 0 Å². The molecule has 0 aliphatic carbocycles. The average molecular weight is 491 g/mol. The zero-order valence-corrected chi connectivity index (χ0v) is 17.9. The largest absolute Gasteiger partial charge is 0.487 e. The highest BCUT2D eigenvalue weighted by Crippen LogP contribution is 2.35. The van der Waals surface area contributed by atoms with Gasteiger partial charge in [-0.15, -0.1) is 0 Å². The van der Waals surface area contributed by atoms with Crippen molar-refractivity contribution < 1.29 is 9.84 Å². The van der Waals surface area contributed by atoms with Gasteiger partial charge in [0.15, 0.2) is 0 Å². The van der Waals surface area contributed by atoms with Crippen molar-refractivity contribution in [1.29, 1.82) is 0 Å². The first-order valence-electron chi connectivity index (χ1n) is 8.72. The number of rotatable bonds is 8. The summed E-state index contributed by atoms with van der Waals surface area (Å²) in [6.07, 6.45) is -0.522. The maximum Gasteiger partial charge on any atom is 0.148 e. The number of ether oxygens (including phenoxy) is 1. The van der Waals surface area contributed by atoms with E-state index in [9.17, 15) is 5.11 Å². The number of hydrogen-bond acceptors (Lipinski definition) is 3. The van der Waals surface area contributed by atoms with Crippen LogP contribution in [0.4, 0.5) is 0 Å². The normalized spacial score (nSPS) is 12.0. The molecule has 27 heavy (non-hydrogen) atoms. The van der Waals surface area contributed by atoms with Gasteiger partial charge in [-0.3, -0.25) is 0 Å². The predicted molar refractivity (Wildman–Crippen MR) is 116 cm³/mol. The fraction of sp³-hybridized carbons (Fsp3) is 0.182. The van der Waals surface area contributed by atoms with E-state index in [1.54, 1.807) is 0 Å². The molecule has 5 heteroatoms. The van der Waals surface area contributed by atoms with Gasteiger partial charge in [-0.05, 0) is 60.7 Å². The molecule has 2 N–H and O–H groups in total. The summed E-state index contributed by atoms with van der Waals surface area (Å²) in [7, 11) is 0. The van der Waals surface area contributed by atoms with Crippen molar-refractivity contribution in [3.05, 3.63) is 98.4 Å². The van der Waals surface area contributed by atoms with Crippen LogP contribution in [-0.4, -0.2) is 11.7 Å². The predicted octanol–water partition coefficient (Wildman–Crippen LogP) is 5.61. The molecule has 3 aromatic rings. The number of hydrogen-bond donors (Lipinski definition) is 2. The van der Waals surface area contributed by atoms with E-state index in [4.69, 9.17) is 4.74 Å². The second kappa shape index (κ2) is 10.0. The maximum absolute atomic E-state index is 10.2. The molecule has 3 rings (SSSR count). The Bertz CT molecular complexity index is 834. The highest BCUT2D eigenvalue weighted by atomic mass is 79.9. The van der Waals surface area contributed by atoms with Crippen molar-refractivity contribution >= 4 is 31.9 Å². The zero-order chi connectivity index (χ0) is 19.1. The SMILES string of the molecule is O[C@H](CNCc1cc(Br)c(OCc2ccccc2)c(Br)c1)c1ccccc1. The topological polar surface area (TPSA) is 41.5 Å². The van der Waals surface area contributed by atoms with Crippen LogP contribution >= 0.6 is 31.9 Å². The van der Waals surface area contributed by atoms with Crippen LogP contribution in [0.3, 0.4) is 0 Å². The summed E-state index contributed by atoms with van der Waals surface area (Å²) in [5.41, 5.74) is 3.13. The monoisotopic (exact) mass is 489 g/mol. The highest BCUT2D eigenvalue weighted by molar-refractivity contribution is 9.11. The molecule has 0 amide bonds. The molecule has 0 unspecified atom stereocenters. The van der Waals surface area contributed by atoms with Gasteiger partial charge in [-0.25, -0.2) is 0 Å². The average Bonchev–Trinajstić information content (AvgIpc) is 2.69. The van der Waals surface area contributed by atoms with E-state index in [1.807, 2.05) is 72.8 Å². The molecule has 0 heterocycles. The van der Waals surface area contributed by atoms with Crippen molar-refractivity contribution in [3.8, 4) is 5.75 Å². The van der Waals surface area contributed by atoms with Crippen LogP contribution in [0.2, 0.25) is 0 Å². The Balaban J connectivity index is 1.56. The van der Waals surface area contributed by atoms with Gasteiger partial charge in [-0.1, -0.05) is 60.7 Å². The lowest BCUT2D eigenvalue weighted by atomic mass is 10.1. The summed E-state index contributed by atoms with van der Waals surface area (Å²) in [5.74, 6) is 0.784. The Hall–Kier alpha value is -1.66. The Kier molecular flexibility index (Phi) is 7.47. The van der Waals surface area contributed by atoms with Crippen LogP contribution in [0.25, 0.3) is 0 Å². The van der Waals surface area contributed by atoms with Crippen molar-refractivity contribution in [2.75, 3.05) is 6.54 Å². The van der Waals surface area contributed by atoms with E-state index in [0.29, 0.717) is 19.7 Å². The molecule has 0 aliphatic rings. The maximum atomic E-state index is 10.2. The van der Waals surface area contributed by atoms with E-state index in [2.05, 4.69) is 37.2 Å². The van der Waals surface area contributed by atoms with Gasteiger partial charge in [0.05, 0.1) is 15.0 Å². The van der Waals surface area contributed by atoms with Crippen molar-refractivity contribution in [3.63, 3.8) is 0 Å². The lowest BCUT2D eigenvalue weighted by Crippen LogP contribution is -2.21. The van der Waals surface area contributed by atoms with Crippen molar-refractivity contribution in [2.45, 2.75) is 19.3 Å². The Morgan fingerprint density at radius 1 is 0.852 bits per heavy atom. The minimum Gasteiger partial charge on any atom is -0.487 e. The minimum atomic E-state index is -0.522. The molecule has 0 aliphatic heterocycles. The minimum absolute atomic E-state index is 0.492. The molecule has 0 bridgehead atoms. The lowest BCUT2D eigenvalue weighted by Gasteiger charge is -2.14. The van der Waals surface area contributed by atoms with Crippen LogP contribution in [0, 0.1) is 0 Å². The lowest BCUT2D eigenvalue weighted by molar-refractivity contribution is 0.174. The van der Waals surface area contributed by atoms with E-state index < -0.39 is 6.10 Å². The summed E-state index contributed by atoms with van der Waals surface area (Å²) >= 11 is 7.19. The number of halogens is 2. The van der Waals surface area contributed by atoms with Gasteiger partial charge in [-0.2, -0.15) is 0 Å². The van der Waals surface area contributed by atoms with E-state index >= 15 is 0 Å². The zero-order valence-electron chi connectivity index (χ0n) is 14.7. The summed E-state index contributed by atoms with van der Waals surface area (Å²) in [5, 5.41) is 13.5. The molecular formula is C22H21Br2NO2. The number of benzene rings is 3. The van der Waals surface area contributed by atoms with Gasteiger partial charge in [0.2, 0.25) is 0 Å². The molecule has 0 saturated heterocycles. The van der Waals surface area contributed by atoms with Crippen LogP contribution in [0.1, 0.15) is 22.8 Å². The third kappa shape index (κ3) is 5.91. The van der Waals surface area contributed by atoms with Crippen LogP contribution < -0.4 is 10.1 Å². The molecule has 0 fully saturated rings. The third-order valence-electron chi connectivity index (χ3n) is 4.14.